The molecular formula is C12H24N2O. The molecule has 3 heteroatoms. The number of rotatable bonds is 5. The van der Waals surface area contributed by atoms with Gasteiger partial charge < -0.3 is 11.1 Å². The standard InChI is InChI=1S/C12H24N2O/c1-10-4-6-11(7-5-10)12(15)14-9-3-2-8-13/h10-11H,2-9,13H2,1H3,(H,14,15). The maximum atomic E-state index is 11.7. The van der Waals surface area contributed by atoms with Crippen LogP contribution in [0.2, 0.25) is 0 Å². The molecule has 0 unspecified atom stereocenters. The van der Waals surface area contributed by atoms with Crippen molar-refractivity contribution in [2.24, 2.45) is 17.6 Å². The number of nitrogens with two attached hydrogens (primary N) is 1. The minimum atomic E-state index is 0.263. The third-order valence-corrected chi connectivity index (χ3v) is 3.32. The second-order valence-corrected chi connectivity index (χ2v) is 4.74. The van der Waals surface area contributed by atoms with E-state index >= 15 is 0 Å². The van der Waals surface area contributed by atoms with E-state index in [9.17, 15) is 4.79 Å². The molecule has 1 rings (SSSR count). The molecule has 88 valence electrons. The van der Waals surface area contributed by atoms with E-state index in [0.717, 1.165) is 44.7 Å². The van der Waals surface area contributed by atoms with Crippen molar-refractivity contribution in [1.29, 1.82) is 0 Å². The summed E-state index contributed by atoms with van der Waals surface area (Å²) in [4.78, 5) is 11.7. The van der Waals surface area contributed by atoms with Crippen LogP contribution in [0.15, 0.2) is 0 Å². The van der Waals surface area contributed by atoms with Crippen molar-refractivity contribution in [2.45, 2.75) is 45.4 Å². The molecule has 1 aliphatic carbocycles. The van der Waals surface area contributed by atoms with Crippen molar-refractivity contribution < 1.29 is 4.79 Å². The van der Waals surface area contributed by atoms with Crippen LogP contribution in [-0.4, -0.2) is 19.0 Å². The minimum absolute atomic E-state index is 0.263. The normalized spacial score (nSPS) is 26.3. The molecule has 1 amide bonds. The van der Waals surface area contributed by atoms with Gasteiger partial charge in [-0.1, -0.05) is 6.92 Å². The van der Waals surface area contributed by atoms with Gasteiger partial charge in [-0.2, -0.15) is 0 Å². The van der Waals surface area contributed by atoms with Gasteiger partial charge in [-0.15, -0.1) is 0 Å². The van der Waals surface area contributed by atoms with Crippen molar-refractivity contribution in [2.75, 3.05) is 13.1 Å². The molecular weight excluding hydrogens is 188 g/mol. The zero-order chi connectivity index (χ0) is 11.1. The van der Waals surface area contributed by atoms with Gasteiger partial charge in [-0.25, -0.2) is 0 Å². The Morgan fingerprint density at radius 1 is 1.27 bits per heavy atom. The summed E-state index contributed by atoms with van der Waals surface area (Å²) in [7, 11) is 0. The molecule has 1 saturated carbocycles. The Kier molecular flexibility index (Phi) is 5.69. The van der Waals surface area contributed by atoms with Gasteiger partial charge in [0.15, 0.2) is 0 Å². The Morgan fingerprint density at radius 2 is 1.93 bits per heavy atom. The molecule has 0 aromatic rings. The highest BCUT2D eigenvalue weighted by atomic mass is 16.1. The zero-order valence-corrected chi connectivity index (χ0v) is 9.80. The summed E-state index contributed by atoms with van der Waals surface area (Å²) in [6.45, 7) is 3.79. The lowest BCUT2D eigenvalue weighted by atomic mass is 9.82. The average molecular weight is 212 g/mol. The highest BCUT2D eigenvalue weighted by Crippen LogP contribution is 2.28. The lowest BCUT2D eigenvalue weighted by Crippen LogP contribution is -2.33. The minimum Gasteiger partial charge on any atom is -0.356 e. The van der Waals surface area contributed by atoms with Gasteiger partial charge >= 0.3 is 0 Å². The Labute approximate surface area is 92.8 Å². The first-order valence-corrected chi connectivity index (χ1v) is 6.21. The van der Waals surface area contributed by atoms with Gasteiger partial charge in [-0.05, 0) is 51.0 Å². The maximum absolute atomic E-state index is 11.7. The van der Waals surface area contributed by atoms with E-state index < -0.39 is 0 Å². The van der Waals surface area contributed by atoms with Crippen LogP contribution in [0.3, 0.4) is 0 Å². The summed E-state index contributed by atoms with van der Waals surface area (Å²) in [6, 6.07) is 0. The molecule has 0 radical (unpaired) electrons. The van der Waals surface area contributed by atoms with Gasteiger partial charge in [0, 0.05) is 12.5 Å². The smallest absolute Gasteiger partial charge is 0.223 e. The molecule has 1 aliphatic rings. The zero-order valence-electron chi connectivity index (χ0n) is 9.80. The van der Waals surface area contributed by atoms with E-state index in [4.69, 9.17) is 5.73 Å². The second-order valence-electron chi connectivity index (χ2n) is 4.74. The van der Waals surface area contributed by atoms with Crippen LogP contribution in [0.4, 0.5) is 0 Å². The summed E-state index contributed by atoms with van der Waals surface area (Å²) in [6.07, 6.45) is 6.57. The van der Waals surface area contributed by atoms with Gasteiger partial charge in [0.1, 0.15) is 0 Å². The molecule has 1 fully saturated rings. The van der Waals surface area contributed by atoms with Gasteiger partial charge in [-0.3, -0.25) is 4.79 Å². The Hall–Kier alpha value is -0.570. The average Bonchev–Trinajstić information content (AvgIpc) is 2.25. The van der Waals surface area contributed by atoms with E-state index in [1.165, 1.54) is 12.8 Å². The number of amides is 1. The number of hydrogen-bond donors (Lipinski definition) is 2. The summed E-state index contributed by atoms with van der Waals surface area (Å²) in [5, 5.41) is 3.01. The molecule has 0 atom stereocenters. The maximum Gasteiger partial charge on any atom is 0.223 e. The first kappa shape index (κ1) is 12.5. The van der Waals surface area contributed by atoms with Gasteiger partial charge in [0.2, 0.25) is 5.91 Å². The van der Waals surface area contributed by atoms with E-state index in [1.54, 1.807) is 0 Å². The van der Waals surface area contributed by atoms with E-state index in [1.807, 2.05) is 0 Å². The monoisotopic (exact) mass is 212 g/mol. The van der Waals surface area contributed by atoms with Crippen LogP contribution in [-0.2, 0) is 4.79 Å². The van der Waals surface area contributed by atoms with Crippen LogP contribution in [0.25, 0.3) is 0 Å². The summed E-state index contributed by atoms with van der Waals surface area (Å²) in [5.74, 6) is 1.35. The summed E-state index contributed by atoms with van der Waals surface area (Å²) >= 11 is 0. The molecule has 0 bridgehead atoms. The summed E-state index contributed by atoms with van der Waals surface area (Å²) in [5.41, 5.74) is 5.39. The number of carbonyl (C=O) groups excluding carboxylic acids is 1. The fourth-order valence-corrected chi connectivity index (χ4v) is 2.15. The van der Waals surface area contributed by atoms with Crippen molar-refractivity contribution in [3.8, 4) is 0 Å². The number of carbonyl (C=O) groups is 1. The molecule has 3 N–H and O–H groups in total. The Balaban J connectivity index is 2.11. The van der Waals surface area contributed by atoms with Crippen LogP contribution in [0.1, 0.15) is 45.4 Å². The van der Waals surface area contributed by atoms with Crippen molar-refractivity contribution in [1.82, 2.24) is 5.32 Å². The van der Waals surface area contributed by atoms with Crippen LogP contribution >= 0.6 is 0 Å². The van der Waals surface area contributed by atoms with Crippen molar-refractivity contribution >= 4 is 5.91 Å². The SMILES string of the molecule is CC1CCC(C(=O)NCCCCN)CC1. The van der Waals surface area contributed by atoms with E-state index in [2.05, 4.69) is 12.2 Å². The molecule has 0 aliphatic heterocycles. The summed E-state index contributed by atoms with van der Waals surface area (Å²) < 4.78 is 0. The number of hydrogen-bond acceptors (Lipinski definition) is 2. The first-order chi connectivity index (χ1) is 7.24. The van der Waals surface area contributed by atoms with Crippen LogP contribution in [0, 0.1) is 11.8 Å². The molecule has 3 nitrogen and oxygen atoms in total. The van der Waals surface area contributed by atoms with Gasteiger partial charge in [0.05, 0.1) is 0 Å². The second kappa shape index (κ2) is 6.83. The van der Waals surface area contributed by atoms with E-state index in [0.29, 0.717) is 0 Å². The van der Waals surface area contributed by atoms with Crippen LogP contribution in [0.5, 0.6) is 0 Å². The van der Waals surface area contributed by atoms with E-state index in [-0.39, 0.29) is 11.8 Å². The highest BCUT2D eigenvalue weighted by Gasteiger charge is 2.23. The lowest BCUT2D eigenvalue weighted by molar-refractivity contribution is -0.126. The quantitative estimate of drug-likeness (QED) is 0.681. The largest absolute Gasteiger partial charge is 0.356 e. The molecule has 0 saturated heterocycles. The number of unbranched alkanes of at least 4 members (excludes halogenated alkanes) is 1. The molecule has 0 aromatic carbocycles. The molecule has 0 heterocycles. The Bertz CT molecular complexity index is 186. The first-order valence-electron chi connectivity index (χ1n) is 6.21. The highest BCUT2D eigenvalue weighted by molar-refractivity contribution is 5.78. The topological polar surface area (TPSA) is 55.1 Å². The predicted molar refractivity (Wildman–Crippen MR) is 62.4 cm³/mol. The van der Waals surface area contributed by atoms with Gasteiger partial charge in [0.25, 0.3) is 0 Å². The predicted octanol–water partition coefficient (Wildman–Crippen LogP) is 1.67. The molecule has 15 heavy (non-hydrogen) atoms. The van der Waals surface area contributed by atoms with Crippen LogP contribution < -0.4 is 11.1 Å². The van der Waals surface area contributed by atoms with Crippen molar-refractivity contribution in [3.05, 3.63) is 0 Å². The Morgan fingerprint density at radius 3 is 2.53 bits per heavy atom. The molecule has 0 aromatic heterocycles. The third kappa shape index (κ3) is 4.65. The van der Waals surface area contributed by atoms with Crippen molar-refractivity contribution in [3.63, 3.8) is 0 Å². The molecule has 0 spiro atoms. The third-order valence-electron chi connectivity index (χ3n) is 3.32. The fourth-order valence-electron chi connectivity index (χ4n) is 2.15. The lowest BCUT2D eigenvalue weighted by Gasteiger charge is -2.25. The number of nitrogens with one attached hydrogen (secondary N) is 1. The fraction of sp³-hybridized carbons (Fsp3) is 0.917.